The average molecular weight is 228 g/mol. The molecular weight excluding hydrogens is 222 g/mol. The van der Waals surface area contributed by atoms with E-state index in [-0.39, 0.29) is 0 Å². The minimum atomic E-state index is 1.17. The molecule has 0 fully saturated rings. The van der Waals surface area contributed by atoms with Crippen molar-refractivity contribution >= 4 is 37.5 Å². The topological polar surface area (TPSA) is 12.9 Å². The Morgan fingerprint density at radius 1 is 1.45 bits per heavy atom. The molecule has 56 valence electrons. The van der Waals surface area contributed by atoms with Crippen LogP contribution in [0.5, 0.6) is 0 Å². The lowest BCUT2D eigenvalue weighted by molar-refractivity contribution is 1.47. The van der Waals surface area contributed by atoms with E-state index in [1.807, 2.05) is 6.20 Å². The molecule has 0 unspecified atom stereocenters. The Morgan fingerprint density at radius 3 is 3.09 bits per heavy atom. The summed E-state index contributed by atoms with van der Waals surface area (Å²) < 4.78 is 6.52. The second-order valence-corrected chi connectivity index (χ2v) is 4.06. The summed E-state index contributed by atoms with van der Waals surface area (Å²) in [5, 5.41) is 1.22. The number of benzene rings is 1. The van der Waals surface area contributed by atoms with Gasteiger partial charge in [0.05, 0.1) is 4.70 Å². The molecule has 0 spiro atoms. The highest BCUT2D eigenvalue weighted by Crippen LogP contribution is 2.28. The second kappa shape index (κ2) is 2.57. The number of hydrogen-bond acceptors (Lipinski definition) is 2. The van der Waals surface area contributed by atoms with Crippen molar-refractivity contribution in [1.82, 2.24) is 4.37 Å². The van der Waals surface area contributed by atoms with Gasteiger partial charge in [0.15, 0.2) is 0 Å². The number of rotatable bonds is 0. The Morgan fingerprint density at radius 2 is 2.27 bits per heavy atom. The van der Waals surface area contributed by atoms with Gasteiger partial charge in [-0.05, 0) is 46.0 Å². The van der Waals surface area contributed by atoms with Gasteiger partial charge in [0.1, 0.15) is 0 Å². The number of fused-ring (bicyclic) bond motifs is 1. The Kier molecular flexibility index (Phi) is 1.69. The van der Waals surface area contributed by atoms with E-state index in [2.05, 4.69) is 39.4 Å². The van der Waals surface area contributed by atoms with Gasteiger partial charge < -0.3 is 0 Å². The van der Waals surface area contributed by atoms with Crippen LogP contribution in [-0.4, -0.2) is 4.37 Å². The van der Waals surface area contributed by atoms with Crippen LogP contribution < -0.4 is 0 Å². The number of hydrogen-bond donors (Lipinski definition) is 0. The Labute approximate surface area is 77.3 Å². The van der Waals surface area contributed by atoms with Gasteiger partial charge in [0, 0.05) is 16.1 Å². The van der Waals surface area contributed by atoms with Crippen LogP contribution in [0.3, 0.4) is 0 Å². The molecule has 0 aliphatic carbocycles. The van der Waals surface area contributed by atoms with Crippen LogP contribution in [0.25, 0.3) is 10.1 Å². The molecule has 11 heavy (non-hydrogen) atoms. The summed E-state index contributed by atoms with van der Waals surface area (Å²) in [6, 6.07) is 4.21. The fourth-order valence-electron chi connectivity index (χ4n) is 1.02. The monoisotopic (exact) mass is 227 g/mol. The van der Waals surface area contributed by atoms with Gasteiger partial charge in [0.25, 0.3) is 0 Å². The predicted octanol–water partition coefficient (Wildman–Crippen LogP) is 3.37. The average Bonchev–Trinajstić information content (AvgIpc) is 2.45. The fraction of sp³-hybridized carbons (Fsp3) is 0.125. The lowest BCUT2D eigenvalue weighted by Gasteiger charge is -1.96. The highest BCUT2D eigenvalue weighted by Gasteiger charge is 2.02. The van der Waals surface area contributed by atoms with Gasteiger partial charge in [-0.15, -0.1) is 0 Å². The van der Waals surface area contributed by atoms with Crippen LogP contribution in [0.1, 0.15) is 5.56 Å². The van der Waals surface area contributed by atoms with Crippen molar-refractivity contribution in [1.29, 1.82) is 0 Å². The zero-order chi connectivity index (χ0) is 7.84. The number of halogens is 1. The Balaban J connectivity index is 2.93. The van der Waals surface area contributed by atoms with Crippen molar-refractivity contribution in [3.63, 3.8) is 0 Å². The summed E-state index contributed by atoms with van der Waals surface area (Å²) in [5.74, 6) is 0. The molecule has 1 aromatic carbocycles. The van der Waals surface area contributed by atoms with Crippen LogP contribution in [0, 0.1) is 6.92 Å². The van der Waals surface area contributed by atoms with E-state index in [0.717, 1.165) is 0 Å². The van der Waals surface area contributed by atoms with Gasteiger partial charge in [-0.3, -0.25) is 0 Å². The molecule has 2 rings (SSSR count). The minimum Gasteiger partial charge on any atom is -0.200 e. The van der Waals surface area contributed by atoms with Gasteiger partial charge >= 0.3 is 0 Å². The molecule has 0 atom stereocenters. The highest BCUT2D eigenvalue weighted by molar-refractivity contribution is 9.10. The first kappa shape index (κ1) is 7.25. The first-order chi connectivity index (χ1) is 5.29. The molecule has 2 aromatic rings. The van der Waals surface area contributed by atoms with Gasteiger partial charge in [-0.25, -0.2) is 0 Å². The van der Waals surface area contributed by atoms with E-state index in [1.165, 1.54) is 31.7 Å². The molecule has 3 heteroatoms. The molecule has 0 aliphatic heterocycles. The van der Waals surface area contributed by atoms with Crippen LogP contribution in [0.2, 0.25) is 0 Å². The molecular formula is C8H6BrNS. The lowest BCUT2D eigenvalue weighted by atomic mass is 10.2. The molecule has 1 nitrogen and oxygen atoms in total. The van der Waals surface area contributed by atoms with Crippen molar-refractivity contribution < 1.29 is 0 Å². The maximum Gasteiger partial charge on any atom is 0.0561 e. The SMILES string of the molecule is Cc1ccc2sncc2c1Br. The number of aryl methyl sites for hydroxylation is 1. The summed E-state index contributed by atoms with van der Waals surface area (Å²) in [4.78, 5) is 0. The van der Waals surface area contributed by atoms with Gasteiger partial charge in [-0.2, -0.15) is 4.37 Å². The summed E-state index contributed by atoms with van der Waals surface area (Å²) in [7, 11) is 0. The van der Waals surface area contributed by atoms with E-state index in [4.69, 9.17) is 0 Å². The van der Waals surface area contributed by atoms with Gasteiger partial charge in [0.2, 0.25) is 0 Å². The summed E-state index contributed by atoms with van der Waals surface area (Å²) in [6.45, 7) is 2.08. The third kappa shape index (κ3) is 1.08. The Hall–Kier alpha value is -0.410. The fourth-order valence-corrected chi connectivity index (χ4v) is 2.25. The van der Waals surface area contributed by atoms with E-state index in [0.29, 0.717) is 0 Å². The first-order valence-corrected chi connectivity index (χ1v) is 4.85. The van der Waals surface area contributed by atoms with Crippen LogP contribution in [0.15, 0.2) is 22.8 Å². The van der Waals surface area contributed by atoms with E-state index >= 15 is 0 Å². The Bertz CT molecular complexity index is 394. The van der Waals surface area contributed by atoms with Crippen molar-refractivity contribution in [2.24, 2.45) is 0 Å². The predicted molar refractivity (Wildman–Crippen MR) is 52.1 cm³/mol. The highest BCUT2D eigenvalue weighted by atomic mass is 79.9. The zero-order valence-electron chi connectivity index (χ0n) is 5.97. The first-order valence-electron chi connectivity index (χ1n) is 3.28. The van der Waals surface area contributed by atoms with Gasteiger partial charge in [-0.1, -0.05) is 6.07 Å². The summed E-state index contributed by atoms with van der Waals surface area (Å²) >= 11 is 5.06. The van der Waals surface area contributed by atoms with E-state index < -0.39 is 0 Å². The van der Waals surface area contributed by atoms with Crippen molar-refractivity contribution in [2.75, 3.05) is 0 Å². The quantitative estimate of drug-likeness (QED) is 0.673. The maximum atomic E-state index is 4.11. The largest absolute Gasteiger partial charge is 0.200 e. The second-order valence-electron chi connectivity index (χ2n) is 2.43. The molecule has 0 amide bonds. The minimum absolute atomic E-state index is 1.17. The normalized spacial score (nSPS) is 10.7. The van der Waals surface area contributed by atoms with Crippen molar-refractivity contribution in [2.45, 2.75) is 6.92 Å². The van der Waals surface area contributed by atoms with Crippen molar-refractivity contribution in [3.8, 4) is 0 Å². The molecule has 0 N–H and O–H groups in total. The maximum absolute atomic E-state index is 4.11. The van der Waals surface area contributed by atoms with Crippen LogP contribution in [0.4, 0.5) is 0 Å². The van der Waals surface area contributed by atoms with Crippen molar-refractivity contribution in [3.05, 3.63) is 28.4 Å². The summed E-state index contributed by atoms with van der Waals surface area (Å²) in [5.41, 5.74) is 1.26. The third-order valence-corrected chi connectivity index (χ3v) is 3.48. The molecule has 0 radical (unpaired) electrons. The van der Waals surface area contributed by atoms with E-state index in [9.17, 15) is 0 Å². The standard InChI is InChI=1S/C8H6BrNS/c1-5-2-3-7-6(8(5)9)4-10-11-7/h2-4H,1H3. The smallest absolute Gasteiger partial charge is 0.0561 e. The molecule has 1 heterocycles. The molecule has 0 saturated carbocycles. The van der Waals surface area contributed by atoms with E-state index in [1.54, 1.807) is 0 Å². The zero-order valence-corrected chi connectivity index (χ0v) is 8.37. The third-order valence-electron chi connectivity index (χ3n) is 1.67. The number of aromatic nitrogens is 1. The molecule has 0 saturated heterocycles. The molecule has 0 aliphatic rings. The van der Waals surface area contributed by atoms with Crippen LogP contribution in [-0.2, 0) is 0 Å². The van der Waals surface area contributed by atoms with Crippen LogP contribution >= 0.6 is 27.5 Å². The number of nitrogens with zero attached hydrogens (tertiary/aromatic N) is 1. The molecule has 1 aromatic heterocycles. The molecule has 0 bridgehead atoms. The summed E-state index contributed by atoms with van der Waals surface area (Å²) in [6.07, 6.45) is 1.90. The lowest BCUT2D eigenvalue weighted by Crippen LogP contribution is -1.73.